The van der Waals surface area contributed by atoms with Crippen molar-refractivity contribution < 1.29 is 14.7 Å². The number of imide groups is 1. The van der Waals surface area contributed by atoms with Crippen LogP contribution < -0.4 is 5.01 Å². The number of aromatic nitrogens is 1. The molecule has 0 saturated carbocycles. The fraction of sp³-hybridized carbons (Fsp3) is 0.182. The number of aliphatic hydroxyl groups excluding tert-OH is 1. The van der Waals surface area contributed by atoms with Crippen LogP contribution in [0.3, 0.4) is 0 Å². The molecule has 5 nitrogen and oxygen atoms in total. The van der Waals surface area contributed by atoms with Crippen LogP contribution in [0.15, 0.2) is 66.9 Å². The molecular formula is C22H20N2O3. The standard InChI is InChI=1S/C22H20N2O3/c25-14-6-9-17-12-13-23(20(17)15-16-7-2-1-3-8-16)24-21(26)18-10-4-5-11-19(18)22(24)27/h1-5,7-8,10-13,25H,6,9,14-15H2. The van der Waals surface area contributed by atoms with Gasteiger partial charge in [-0.25, -0.2) is 0 Å². The number of carbonyl (C=O) groups is 2. The highest BCUT2D eigenvalue weighted by Crippen LogP contribution is 2.25. The van der Waals surface area contributed by atoms with Crippen molar-refractivity contribution in [2.24, 2.45) is 0 Å². The van der Waals surface area contributed by atoms with E-state index in [2.05, 4.69) is 0 Å². The van der Waals surface area contributed by atoms with Gasteiger partial charge in [0.15, 0.2) is 0 Å². The van der Waals surface area contributed by atoms with Gasteiger partial charge in [0.25, 0.3) is 11.8 Å². The van der Waals surface area contributed by atoms with Gasteiger partial charge in [0.05, 0.1) is 11.1 Å². The predicted octanol–water partition coefficient (Wildman–Crippen LogP) is 2.94. The molecule has 4 rings (SSSR count). The highest BCUT2D eigenvalue weighted by Gasteiger charge is 2.37. The lowest BCUT2D eigenvalue weighted by Crippen LogP contribution is -2.40. The van der Waals surface area contributed by atoms with Crippen molar-refractivity contribution in [3.8, 4) is 0 Å². The van der Waals surface area contributed by atoms with Gasteiger partial charge in [0.1, 0.15) is 0 Å². The van der Waals surface area contributed by atoms with Crippen molar-refractivity contribution in [1.82, 2.24) is 4.68 Å². The summed E-state index contributed by atoms with van der Waals surface area (Å²) in [5, 5.41) is 10.4. The normalized spacial score (nSPS) is 13.3. The van der Waals surface area contributed by atoms with Crippen LogP contribution in [0.5, 0.6) is 0 Å². The first-order valence-electron chi connectivity index (χ1n) is 9.02. The third-order valence-electron chi connectivity index (χ3n) is 4.87. The lowest BCUT2D eigenvalue weighted by atomic mass is 10.0. The quantitative estimate of drug-likeness (QED) is 0.688. The van der Waals surface area contributed by atoms with Crippen LogP contribution in [-0.4, -0.2) is 28.2 Å². The van der Waals surface area contributed by atoms with Crippen LogP contribution in [-0.2, 0) is 12.8 Å². The molecule has 0 saturated heterocycles. The zero-order valence-corrected chi connectivity index (χ0v) is 14.8. The van der Waals surface area contributed by atoms with Crippen molar-refractivity contribution in [1.29, 1.82) is 0 Å². The summed E-state index contributed by atoms with van der Waals surface area (Å²) < 4.78 is 1.67. The number of fused-ring (bicyclic) bond motifs is 1. The molecule has 0 aliphatic carbocycles. The Balaban J connectivity index is 1.76. The zero-order chi connectivity index (χ0) is 18.8. The maximum absolute atomic E-state index is 12.9. The molecule has 2 aromatic carbocycles. The Bertz CT molecular complexity index is 957. The minimum Gasteiger partial charge on any atom is -0.396 e. The maximum Gasteiger partial charge on any atom is 0.281 e. The molecule has 27 heavy (non-hydrogen) atoms. The molecule has 0 radical (unpaired) electrons. The molecule has 5 heteroatoms. The Morgan fingerprint density at radius 2 is 1.44 bits per heavy atom. The molecule has 1 aliphatic heterocycles. The molecule has 0 fully saturated rings. The Morgan fingerprint density at radius 1 is 0.815 bits per heavy atom. The summed E-state index contributed by atoms with van der Waals surface area (Å²) in [6.45, 7) is 0.100. The highest BCUT2D eigenvalue weighted by molar-refractivity contribution is 6.30. The van der Waals surface area contributed by atoms with Crippen LogP contribution >= 0.6 is 0 Å². The molecule has 1 N–H and O–H groups in total. The van der Waals surface area contributed by atoms with Crippen molar-refractivity contribution in [3.05, 3.63) is 94.8 Å². The number of aryl methyl sites for hydroxylation is 1. The van der Waals surface area contributed by atoms with Crippen LogP contribution in [0.2, 0.25) is 0 Å². The predicted molar refractivity (Wildman–Crippen MR) is 102 cm³/mol. The second-order valence-corrected chi connectivity index (χ2v) is 6.59. The van der Waals surface area contributed by atoms with Crippen LogP contribution in [0.1, 0.15) is 44.0 Å². The summed E-state index contributed by atoms with van der Waals surface area (Å²) in [4.78, 5) is 25.8. The first-order chi connectivity index (χ1) is 13.2. The van der Waals surface area contributed by atoms with Crippen molar-refractivity contribution in [2.45, 2.75) is 19.3 Å². The zero-order valence-electron chi connectivity index (χ0n) is 14.8. The summed E-state index contributed by atoms with van der Waals surface area (Å²) in [6, 6.07) is 18.8. The summed E-state index contributed by atoms with van der Waals surface area (Å²) in [7, 11) is 0. The van der Waals surface area contributed by atoms with Crippen LogP contribution in [0.25, 0.3) is 0 Å². The number of hydrogen-bond acceptors (Lipinski definition) is 3. The van der Waals surface area contributed by atoms with E-state index in [-0.39, 0.29) is 18.4 Å². The van der Waals surface area contributed by atoms with Gasteiger partial charge in [-0.3, -0.25) is 14.3 Å². The first-order valence-corrected chi connectivity index (χ1v) is 9.02. The first kappa shape index (κ1) is 17.2. The summed E-state index contributed by atoms with van der Waals surface area (Å²) >= 11 is 0. The molecule has 2 amide bonds. The van der Waals surface area contributed by atoms with Crippen LogP contribution in [0, 0.1) is 0 Å². The summed E-state index contributed by atoms with van der Waals surface area (Å²) in [6.07, 6.45) is 3.69. The SMILES string of the molecule is O=C1c2ccccc2C(=O)N1n1ccc(CCCO)c1Cc1ccccc1. The summed E-state index contributed by atoms with van der Waals surface area (Å²) in [5.41, 5.74) is 3.88. The van der Waals surface area contributed by atoms with Gasteiger partial charge in [-0.2, -0.15) is 5.01 Å². The third kappa shape index (κ3) is 3.06. The van der Waals surface area contributed by atoms with E-state index in [1.807, 2.05) is 36.4 Å². The average Bonchev–Trinajstić information content (AvgIpc) is 3.20. The number of rotatable bonds is 6. The van der Waals surface area contributed by atoms with Gasteiger partial charge in [-0.15, -0.1) is 0 Å². The van der Waals surface area contributed by atoms with Crippen molar-refractivity contribution in [2.75, 3.05) is 11.6 Å². The van der Waals surface area contributed by atoms with Gasteiger partial charge in [-0.1, -0.05) is 42.5 Å². The monoisotopic (exact) mass is 360 g/mol. The lowest BCUT2D eigenvalue weighted by molar-refractivity contribution is 0.0885. The minimum atomic E-state index is -0.311. The number of aliphatic hydroxyl groups is 1. The van der Waals surface area contributed by atoms with E-state index in [0.717, 1.165) is 16.8 Å². The molecule has 3 aromatic rings. The Kier molecular flexibility index (Phi) is 4.60. The van der Waals surface area contributed by atoms with Crippen molar-refractivity contribution in [3.63, 3.8) is 0 Å². The Morgan fingerprint density at radius 3 is 2.07 bits per heavy atom. The maximum atomic E-state index is 12.9. The second-order valence-electron chi connectivity index (χ2n) is 6.59. The lowest BCUT2D eigenvalue weighted by Gasteiger charge is -2.20. The van der Waals surface area contributed by atoms with E-state index >= 15 is 0 Å². The summed E-state index contributed by atoms with van der Waals surface area (Å²) in [5.74, 6) is -0.622. The van der Waals surface area contributed by atoms with Gasteiger partial charge in [0.2, 0.25) is 0 Å². The van der Waals surface area contributed by atoms with E-state index < -0.39 is 0 Å². The van der Waals surface area contributed by atoms with Crippen molar-refractivity contribution >= 4 is 11.8 Å². The molecule has 1 aliphatic rings. The molecule has 0 atom stereocenters. The topological polar surface area (TPSA) is 62.5 Å². The number of amides is 2. The van der Waals surface area contributed by atoms with Gasteiger partial charge >= 0.3 is 0 Å². The Labute approximate surface area is 157 Å². The molecular weight excluding hydrogens is 340 g/mol. The Hall–Kier alpha value is -3.18. The molecule has 2 heterocycles. The van der Waals surface area contributed by atoms with Gasteiger partial charge in [-0.05, 0) is 42.2 Å². The van der Waals surface area contributed by atoms with E-state index in [9.17, 15) is 14.7 Å². The smallest absolute Gasteiger partial charge is 0.281 e. The van der Waals surface area contributed by atoms with E-state index in [4.69, 9.17) is 0 Å². The van der Waals surface area contributed by atoms with Crippen LogP contribution in [0.4, 0.5) is 0 Å². The minimum absolute atomic E-state index is 0.100. The fourth-order valence-electron chi connectivity index (χ4n) is 3.53. The number of carbonyl (C=O) groups excluding carboxylic acids is 2. The molecule has 0 spiro atoms. The van der Waals surface area contributed by atoms with E-state index in [1.165, 1.54) is 5.01 Å². The van der Waals surface area contributed by atoms with Gasteiger partial charge in [0, 0.05) is 24.9 Å². The molecule has 0 bridgehead atoms. The third-order valence-corrected chi connectivity index (χ3v) is 4.87. The van der Waals surface area contributed by atoms with Gasteiger partial charge < -0.3 is 5.11 Å². The second kappa shape index (κ2) is 7.21. The molecule has 1 aromatic heterocycles. The largest absolute Gasteiger partial charge is 0.396 e. The van der Waals surface area contributed by atoms with E-state index in [1.54, 1.807) is 35.1 Å². The molecule has 0 unspecified atom stereocenters. The average molecular weight is 360 g/mol. The number of nitrogens with zero attached hydrogens (tertiary/aromatic N) is 2. The molecule has 136 valence electrons. The number of hydrogen-bond donors (Lipinski definition) is 1. The van der Waals surface area contributed by atoms with E-state index in [0.29, 0.717) is 30.4 Å². The number of benzene rings is 2. The fourth-order valence-corrected chi connectivity index (χ4v) is 3.53. The highest BCUT2D eigenvalue weighted by atomic mass is 16.3.